The van der Waals surface area contributed by atoms with Gasteiger partial charge in [0.15, 0.2) is 0 Å². The van der Waals surface area contributed by atoms with Crippen LogP contribution in [0.4, 0.5) is 16.2 Å². The zero-order chi connectivity index (χ0) is 21.3. The van der Waals surface area contributed by atoms with Crippen molar-refractivity contribution in [1.82, 2.24) is 5.32 Å². The Bertz CT molecular complexity index is 1040. The summed E-state index contributed by atoms with van der Waals surface area (Å²) in [5.74, 6) is -1.28. The van der Waals surface area contributed by atoms with Crippen molar-refractivity contribution in [3.8, 4) is 0 Å². The van der Waals surface area contributed by atoms with Crippen molar-refractivity contribution in [3.05, 3.63) is 64.7 Å². The zero-order valence-corrected chi connectivity index (χ0v) is 17.3. The number of fused-ring (bicyclic) bond motifs is 1. The molecule has 6 heteroatoms. The van der Waals surface area contributed by atoms with Crippen LogP contribution in [0.5, 0.6) is 0 Å². The van der Waals surface area contributed by atoms with Gasteiger partial charge in [0.05, 0.1) is 5.69 Å². The fourth-order valence-corrected chi connectivity index (χ4v) is 3.91. The number of anilines is 2. The summed E-state index contributed by atoms with van der Waals surface area (Å²) >= 11 is 0. The molecule has 1 saturated heterocycles. The lowest BCUT2D eigenvalue weighted by Crippen LogP contribution is -2.54. The van der Waals surface area contributed by atoms with Crippen molar-refractivity contribution < 1.29 is 14.4 Å². The monoisotopic (exact) mass is 403 g/mol. The molecule has 2 aromatic rings. The van der Waals surface area contributed by atoms with Gasteiger partial charge >= 0.3 is 6.03 Å². The first-order chi connectivity index (χ1) is 14.5. The molecule has 0 saturated carbocycles. The first-order valence-corrected chi connectivity index (χ1v) is 10.3. The summed E-state index contributed by atoms with van der Waals surface area (Å²) in [4.78, 5) is 41.1. The first-order valence-electron chi connectivity index (χ1n) is 10.3. The minimum Gasteiger partial charge on any atom is -0.371 e. The third-order valence-corrected chi connectivity index (χ3v) is 5.58. The Labute approximate surface area is 176 Å². The number of nitrogens with zero attached hydrogens (tertiary/aromatic N) is 2. The van der Waals surface area contributed by atoms with Crippen LogP contribution in [0.3, 0.4) is 0 Å². The van der Waals surface area contributed by atoms with Crippen LogP contribution in [0.15, 0.2) is 48.0 Å². The van der Waals surface area contributed by atoms with Gasteiger partial charge in [-0.2, -0.15) is 0 Å². The topological polar surface area (TPSA) is 69.7 Å². The molecular formula is C24H25N3O3. The van der Waals surface area contributed by atoms with Gasteiger partial charge in [-0.1, -0.05) is 37.1 Å². The Morgan fingerprint density at radius 2 is 1.83 bits per heavy atom. The number of hydrogen-bond acceptors (Lipinski definition) is 4. The van der Waals surface area contributed by atoms with Crippen LogP contribution < -0.4 is 15.1 Å². The van der Waals surface area contributed by atoms with E-state index in [0.717, 1.165) is 48.4 Å². The molecule has 1 fully saturated rings. The SMILES string of the molecule is CCCCN1CCc2cc(/C=C3\C(=O)NC(=O)N(c4ccc(C)cc4)C3=O)ccc21. The number of imide groups is 2. The van der Waals surface area contributed by atoms with E-state index < -0.39 is 17.8 Å². The molecule has 0 aliphatic carbocycles. The van der Waals surface area contributed by atoms with Crippen LogP contribution in [0.25, 0.3) is 6.08 Å². The quantitative estimate of drug-likeness (QED) is 0.609. The second kappa shape index (κ2) is 8.14. The molecule has 0 spiro atoms. The first kappa shape index (κ1) is 19.9. The number of aryl methyl sites for hydroxylation is 1. The predicted molar refractivity (Wildman–Crippen MR) is 117 cm³/mol. The standard InChI is InChI=1S/C24H25N3O3/c1-3-4-12-26-13-11-18-14-17(7-10-21(18)26)15-20-22(28)25-24(30)27(23(20)29)19-8-5-16(2)6-9-19/h5-10,14-15H,3-4,11-13H2,1-2H3,(H,25,28,30)/b20-15+. The highest BCUT2D eigenvalue weighted by Crippen LogP contribution is 2.30. The van der Waals surface area contributed by atoms with Crippen molar-refractivity contribution in [2.45, 2.75) is 33.1 Å². The fourth-order valence-electron chi connectivity index (χ4n) is 3.91. The minimum atomic E-state index is -0.730. The van der Waals surface area contributed by atoms with Crippen molar-refractivity contribution in [2.75, 3.05) is 22.9 Å². The third-order valence-electron chi connectivity index (χ3n) is 5.58. The molecule has 4 rings (SSSR count). The molecule has 2 aliphatic rings. The van der Waals surface area contributed by atoms with Crippen molar-refractivity contribution in [3.63, 3.8) is 0 Å². The lowest BCUT2D eigenvalue weighted by molar-refractivity contribution is -0.122. The number of urea groups is 1. The van der Waals surface area contributed by atoms with Gasteiger partial charge < -0.3 is 4.90 Å². The summed E-state index contributed by atoms with van der Waals surface area (Å²) in [5, 5.41) is 2.28. The van der Waals surface area contributed by atoms with Gasteiger partial charge in [0.1, 0.15) is 5.57 Å². The molecule has 0 unspecified atom stereocenters. The maximum atomic E-state index is 13.0. The van der Waals surface area contributed by atoms with Gasteiger partial charge in [0.25, 0.3) is 11.8 Å². The molecule has 1 N–H and O–H groups in total. The maximum Gasteiger partial charge on any atom is 0.335 e. The molecule has 6 nitrogen and oxygen atoms in total. The Kier molecular flexibility index (Phi) is 5.40. The number of unbranched alkanes of at least 4 members (excludes halogenated alkanes) is 1. The lowest BCUT2D eigenvalue weighted by atomic mass is 10.0. The Morgan fingerprint density at radius 3 is 2.57 bits per heavy atom. The second-order valence-corrected chi connectivity index (χ2v) is 7.77. The van der Waals surface area contributed by atoms with E-state index in [9.17, 15) is 14.4 Å². The molecule has 0 bridgehead atoms. The lowest BCUT2D eigenvalue weighted by Gasteiger charge is -2.26. The highest BCUT2D eigenvalue weighted by atomic mass is 16.2. The van der Waals surface area contributed by atoms with E-state index in [2.05, 4.69) is 23.2 Å². The molecule has 2 aromatic carbocycles. The zero-order valence-electron chi connectivity index (χ0n) is 17.3. The van der Waals surface area contributed by atoms with Crippen molar-refractivity contribution in [2.24, 2.45) is 0 Å². The van der Waals surface area contributed by atoms with E-state index in [-0.39, 0.29) is 5.57 Å². The van der Waals surface area contributed by atoms with Crippen LogP contribution in [0, 0.1) is 6.92 Å². The molecule has 0 atom stereocenters. The van der Waals surface area contributed by atoms with Gasteiger partial charge in [-0.25, -0.2) is 9.69 Å². The number of rotatable bonds is 5. The summed E-state index contributed by atoms with van der Waals surface area (Å²) in [6.07, 6.45) is 4.83. The summed E-state index contributed by atoms with van der Waals surface area (Å²) in [6, 6.07) is 12.3. The number of carbonyl (C=O) groups is 3. The number of barbiturate groups is 1. The van der Waals surface area contributed by atoms with Gasteiger partial charge in [0.2, 0.25) is 0 Å². The number of carbonyl (C=O) groups excluding carboxylic acids is 3. The average molecular weight is 403 g/mol. The number of nitrogens with one attached hydrogen (secondary N) is 1. The van der Waals surface area contributed by atoms with E-state index in [1.807, 2.05) is 31.2 Å². The summed E-state index contributed by atoms with van der Waals surface area (Å²) in [6.45, 7) is 6.14. The summed E-state index contributed by atoms with van der Waals surface area (Å²) in [5.41, 5.74) is 4.62. The maximum absolute atomic E-state index is 13.0. The largest absolute Gasteiger partial charge is 0.371 e. The van der Waals surface area contributed by atoms with E-state index in [0.29, 0.717) is 5.69 Å². The Hall–Kier alpha value is -3.41. The van der Waals surface area contributed by atoms with Crippen molar-refractivity contribution in [1.29, 1.82) is 0 Å². The minimum absolute atomic E-state index is 0.0454. The molecule has 0 radical (unpaired) electrons. The summed E-state index contributed by atoms with van der Waals surface area (Å²) in [7, 11) is 0. The van der Waals surface area contributed by atoms with E-state index >= 15 is 0 Å². The molecule has 2 heterocycles. The van der Waals surface area contributed by atoms with Crippen LogP contribution in [-0.2, 0) is 16.0 Å². The molecule has 30 heavy (non-hydrogen) atoms. The Morgan fingerprint density at radius 1 is 1.07 bits per heavy atom. The average Bonchev–Trinajstić information content (AvgIpc) is 3.13. The molecule has 154 valence electrons. The third kappa shape index (κ3) is 3.73. The summed E-state index contributed by atoms with van der Waals surface area (Å²) < 4.78 is 0. The van der Waals surface area contributed by atoms with Crippen LogP contribution in [0.2, 0.25) is 0 Å². The van der Waals surface area contributed by atoms with Crippen molar-refractivity contribution >= 4 is 35.3 Å². The highest BCUT2D eigenvalue weighted by molar-refractivity contribution is 6.39. The number of benzene rings is 2. The van der Waals surface area contributed by atoms with E-state index in [1.54, 1.807) is 18.2 Å². The predicted octanol–water partition coefficient (Wildman–Crippen LogP) is 3.82. The van der Waals surface area contributed by atoms with Gasteiger partial charge in [-0.15, -0.1) is 0 Å². The smallest absolute Gasteiger partial charge is 0.335 e. The number of amides is 4. The van der Waals surface area contributed by atoms with Gasteiger partial charge in [0, 0.05) is 18.8 Å². The van der Waals surface area contributed by atoms with Gasteiger partial charge in [-0.3, -0.25) is 14.9 Å². The van der Waals surface area contributed by atoms with Crippen LogP contribution in [-0.4, -0.2) is 30.9 Å². The van der Waals surface area contributed by atoms with Gasteiger partial charge in [-0.05, 0) is 61.2 Å². The molecular weight excluding hydrogens is 378 g/mol. The van der Waals surface area contributed by atoms with E-state index in [1.165, 1.54) is 11.3 Å². The molecule has 2 aliphatic heterocycles. The normalized spacial score (nSPS) is 17.5. The van der Waals surface area contributed by atoms with Crippen LogP contribution in [0.1, 0.15) is 36.5 Å². The molecule has 4 amide bonds. The molecule has 0 aromatic heterocycles. The Balaban J connectivity index is 1.62. The second-order valence-electron chi connectivity index (χ2n) is 7.77. The highest BCUT2D eigenvalue weighted by Gasteiger charge is 2.36. The number of hydrogen-bond donors (Lipinski definition) is 1. The van der Waals surface area contributed by atoms with Crippen LogP contribution >= 0.6 is 0 Å². The van der Waals surface area contributed by atoms with E-state index in [4.69, 9.17) is 0 Å². The fraction of sp³-hybridized carbons (Fsp3) is 0.292.